The van der Waals surface area contributed by atoms with Crippen molar-refractivity contribution in [1.82, 2.24) is 25.1 Å². The van der Waals surface area contributed by atoms with Crippen molar-refractivity contribution < 1.29 is 9.59 Å². The second-order valence-corrected chi connectivity index (χ2v) is 8.14. The van der Waals surface area contributed by atoms with Crippen LogP contribution in [0.5, 0.6) is 0 Å². The highest BCUT2D eigenvalue weighted by Crippen LogP contribution is 2.26. The number of imidazole rings is 1. The van der Waals surface area contributed by atoms with Gasteiger partial charge in [-0.15, -0.1) is 0 Å². The molecule has 2 N–H and O–H groups in total. The van der Waals surface area contributed by atoms with Crippen LogP contribution in [0.2, 0.25) is 0 Å². The lowest BCUT2D eigenvalue weighted by Crippen LogP contribution is -2.39. The first kappa shape index (κ1) is 21.8. The molecule has 3 aromatic rings. The maximum absolute atomic E-state index is 13.1. The molecule has 0 spiro atoms. The number of hydrogen-bond donors (Lipinski definition) is 2. The van der Waals surface area contributed by atoms with E-state index in [-0.39, 0.29) is 18.2 Å². The number of amides is 2. The van der Waals surface area contributed by atoms with Crippen molar-refractivity contribution in [2.24, 2.45) is 0 Å². The molecule has 32 heavy (non-hydrogen) atoms. The minimum Gasteiger partial charge on any atom is -0.357 e. The van der Waals surface area contributed by atoms with Crippen LogP contribution in [0.4, 0.5) is 0 Å². The van der Waals surface area contributed by atoms with Gasteiger partial charge in [0, 0.05) is 25.7 Å². The standard InChI is InChI=1S/C25H29N5O2/c1-26-25(32)23(18-10-5-3-6-11-18)28-22(31)16-20-21-17-29(2)14-9-15-30(21)24(27-20)19-12-7-4-8-13-19/h3-8,10-13,23H,9,14-17H2,1-2H3,(H,26,32)(H,28,31)/t23-/m0/s1. The maximum Gasteiger partial charge on any atom is 0.246 e. The van der Waals surface area contributed by atoms with E-state index >= 15 is 0 Å². The summed E-state index contributed by atoms with van der Waals surface area (Å²) < 4.78 is 2.24. The smallest absolute Gasteiger partial charge is 0.246 e. The van der Waals surface area contributed by atoms with Crippen LogP contribution < -0.4 is 10.6 Å². The number of benzene rings is 2. The van der Waals surface area contributed by atoms with Crippen molar-refractivity contribution in [3.63, 3.8) is 0 Å². The predicted octanol–water partition coefficient (Wildman–Crippen LogP) is 2.53. The Kier molecular flexibility index (Phi) is 6.66. The Morgan fingerprint density at radius 1 is 1.03 bits per heavy atom. The molecule has 0 saturated heterocycles. The van der Waals surface area contributed by atoms with Gasteiger partial charge in [0.2, 0.25) is 11.8 Å². The van der Waals surface area contributed by atoms with Crippen LogP contribution in [0.15, 0.2) is 60.7 Å². The SMILES string of the molecule is CNC(=O)[C@@H](NC(=O)Cc1nc(-c2ccccc2)n2c1CN(C)CCC2)c1ccccc1. The summed E-state index contributed by atoms with van der Waals surface area (Å²) in [6.45, 7) is 2.59. The number of likely N-dealkylation sites (N-methyl/N-ethyl adjacent to an activating group) is 1. The zero-order valence-electron chi connectivity index (χ0n) is 18.5. The van der Waals surface area contributed by atoms with Gasteiger partial charge in [-0.3, -0.25) is 9.59 Å². The Morgan fingerprint density at radius 3 is 2.41 bits per heavy atom. The Balaban J connectivity index is 1.62. The minimum atomic E-state index is -0.744. The quantitative estimate of drug-likeness (QED) is 0.629. The lowest BCUT2D eigenvalue weighted by atomic mass is 10.1. The van der Waals surface area contributed by atoms with Crippen LogP contribution in [0.25, 0.3) is 11.4 Å². The molecule has 2 heterocycles. The molecule has 166 valence electrons. The van der Waals surface area contributed by atoms with Gasteiger partial charge in [-0.25, -0.2) is 4.98 Å². The van der Waals surface area contributed by atoms with Crippen LogP contribution in [0.1, 0.15) is 29.4 Å². The Bertz CT molecular complexity index is 1080. The molecule has 0 radical (unpaired) electrons. The molecule has 4 rings (SSSR count). The fraction of sp³-hybridized carbons (Fsp3) is 0.320. The topological polar surface area (TPSA) is 79.3 Å². The zero-order chi connectivity index (χ0) is 22.5. The second-order valence-electron chi connectivity index (χ2n) is 8.14. The van der Waals surface area contributed by atoms with Crippen molar-refractivity contribution >= 4 is 11.8 Å². The number of nitrogens with one attached hydrogen (secondary N) is 2. The minimum absolute atomic E-state index is 0.121. The number of aromatic nitrogens is 2. The molecule has 0 aliphatic carbocycles. The molecule has 1 atom stereocenters. The fourth-order valence-corrected chi connectivity index (χ4v) is 4.19. The van der Waals surface area contributed by atoms with Gasteiger partial charge in [0.15, 0.2) is 0 Å². The van der Waals surface area contributed by atoms with Crippen LogP contribution in [-0.4, -0.2) is 46.9 Å². The Labute approximate surface area is 188 Å². The van der Waals surface area contributed by atoms with Crippen molar-refractivity contribution in [3.8, 4) is 11.4 Å². The largest absolute Gasteiger partial charge is 0.357 e. The van der Waals surface area contributed by atoms with Gasteiger partial charge in [0.25, 0.3) is 0 Å². The molecule has 2 aromatic carbocycles. The maximum atomic E-state index is 13.1. The van der Waals surface area contributed by atoms with Gasteiger partial charge < -0.3 is 20.1 Å². The monoisotopic (exact) mass is 431 g/mol. The molecule has 1 aromatic heterocycles. The number of fused-ring (bicyclic) bond motifs is 1. The highest BCUT2D eigenvalue weighted by Gasteiger charge is 2.26. The van der Waals surface area contributed by atoms with Crippen molar-refractivity contribution in [3.05, 3.63) is 77.6 Å². The molecule has 0 unspecified atom stereocenters. The van der Waals surface area contributed by atoms with E-state index in [4.69, 9.17) is 4.98 Å². The van der Waals surface area contributed by atoms with E-state index in [1.165, 1.54) is 0 Å². The van der Waals surface area contributed by atoms with Crippen molar-refractivity contribution in [1.29, 1.82) is 0 Å². The van der Waals surface area contributed by atoms with Gasteiger partial charge >= 0.3 is 0 Å². The summed E-state index contributed by atoms with van der Waals surface area (Å²) in [5.41, 5.74) is 3.61. The van der Waals surface area contributed by atoms with Gasteiger partial charge in [-0.1, -0.05) is 60.7 Å². The first-order chi connectivity index (χ1) is 15.6. The highest BCUT2D eigenvalue weighted by molar-refractivity contribution is 5.89. The molecular formula is C25H29N5O2. The summed E-state index contributed by atoms with van der Waals surface area (Å²) in [5.74, 6) is 0.414. The van der Waals surface area contributed by atoms with Crippen LogP contribution in [0.3, 0.4) is 0 Å². The van der Waals surface area contributed by atoms with E-state index in [1.807, 2.05) is 60.7 Å². The molecular weight excluding hydrogens is 402 g/mol. The zero-order valence-corrected chi connectivity index (χ0v) is 18.5. The van der Waals surface area contributed by atoms with Crippen LogP contribution in [-0.2, 0) is 29.1 Å². The summed E-state index contributed by atoms with van der Waals surface area (Å²) >= 11 is 0. The normalized spacial score (nSPS) is 14.8. The lowest BCUT2D eigenvalue weighted by Gasteiger charge is -2.18. The third-order valence-corrected chi connectivity index (χ3v) is 5.80. The first-order valence-electron chi connectivity index (χ1n) is 10.9. The van der Waals surface area contributed by atoms with Crippen molar-refractivity contribution in [2.75, 3.05) is 20.6 Å². The molecule has 7 heteroatoms. The van der Waals surface area contributed by atoms with E-state index in [1.54, 1.807) is 7.05 Å². The number of carbonyl (C=O) groups is 2. The van der Waals surface area contributed by atoms with Gasteiger partial charge in [-0.2, -0.15) is 0 Å². The van der Waals surface area contributed by atoms with Crippen LogP contribution in [0, 0.1) is 0 Å². The van der Waals surface area contributed by atoms with E-state index in [9.17, 15) is 9.59 Å². The molecule has 0 saturated carbocycles. The fourth-order valence-electron chi connectivity index (χ4n) is 4.19. The third kappa shape index (κ3) is 4.73. The van der Waals surface area contributed by atoms with E-state index in [0.29, 0.717) is 0 Å². The third-order valence-electron chi connectivity index (χ3n) is 5.80. The summed E-state index contributed by atoms with van der Waals surface area (Å²) in [5, 5.41) is 5.54. The van der Waals surface area contributed by atoms with E-state index in [2.05, 4.69) is 27.1 Å². The molecule has 0 fully saturated rings. The van der Waals surface area contributed by atoms with E-state index in [0.717, 1.165) is 54.4 Å². The van der Waals surface area contributed by atoms with Gasteiger partial charge in [0.1, 0.15) is 11.9 Å². The molecule has 1 aliphatic rings. The summed E-state index contributed by atoms with van der Waals surface area (Å²) in [7, 11) is 3.66. The lowest BCUT2D eigenvalue weighted by molar-refractivity contribution is -0.128. The molecule has 0 bridgehead atoms. The number of carbonyl (C=O) groups excluding carboxylic acids is 2. The number of nitrogens with zero attached hydrogens (tertiary/aromatic N) is 3. The molecule has 7 nitrogen and oxygen atoms in total. The summed E-state index contributed by atoms with van der Waals surface area (Å²) in [6.07, 6.45) is 1.15. The second kappa shape index (κ2) is 9.78. The summed E-state index contributed by atoms with van der Waals surface area (Å²) in [4.78, 5) is 32.7. The Hall–Kier alpha value is -3.45. The summed E-state index contributed by atoms with van der Waals surface area (Å²) in [6, 6.07) is 18.6. The first-order valence-corrected chi connectivity index (χ1v) is 10.9. The van der Waals surface area contributed by atoms with Crippen molar-refractivity contribution in [2.45, 2.75) is 32.0 Å². The van der Waals surface area contributed by atoms with E-state index < -0.39 is 6.04 Å². The highest BCUT2D eigenvalue weighted by atomic mass is 16.2. The van der Waals surface area contributed by atoms with Gasteiger partial charge in [-0.05, 0) is 25.6 Å². The predicted molar refractivity (Wildman–Crippen MR) is 124 cm³/mol. The number of hydrogen-bond acceptors (Lipinski definition) is 4. The average Bonchev–Trinajstić information content (AvgIpc) is 3.01. The van der Waals surface area contributed by atoms with Crippen LogP contribution >= 0.6 is 0 Å². The average molecular weight is 432 g/mol. The molecule has 2 amide bonds. The Morgan fingerprint density at radius 2 is 1.72 bits per heavy atom. The number of rotatable bonds is 6. The molecule has 1 aliphatic heterocycles. The van der Waals surface area contributed by atoms with Gasteiger partial charge in [0.05, 0.1) is 17.8 Å².